The highest BCUT2D eigenvalue weighted by molar-refractivity contribution is 7.47. The van der Waals surface area contributed by atoms with E-state index in [-0.39, 0.29) is 25.7 Å². The van der Waals surface area contributed by atoms with Gasteiger partial charge in [0.05, 0.1) is 26.4 Å². The van der Waals surface area contributed by atoms with E-state index in [1.54, 1.807) is 0 Å². The van der Waals surface area contributed by atoms with Gasteiger partial charge in [0.1, 0.15) is 19.3 Å². The zero-order valence-corrected chi connectivity index (χ0v) is 68.0. The van der Waals surface area contributed by atoms with Gasteiger partial charge >= 0.3 is 39.5 Å². The van der Waals surface area contributed by atoms with E-state index >= 15 is 0 Å². The summed E-state index contributed by atoms with van der Waals surface area (Å²) in [6, 6.07) is 0. The molecule has 0 aliphatic heterocycles. The highest BCUT2D eigenvalue weighted by atomic mass is 31.2. The van der Waals surface area contributed by atoms with Crippen molar-refractivity contribution in [1.82, 2.24) is 0 Å². The maximum Gasteiger partial charge on any atom is 0.472 e. The number of carbonyl (C=O) groups is 4. The molecule has 0 aliphatic rings. The van der Waals surface area contributed by atoms with Gasteiger partial charge in [0, 0.05) is 25.7 Å². The Morgan fingerprint density at radius 1 is 0.269 bits per heavy atom. The van der Waals surface area contributed by atoms with E-state index in [0.29, 0.717) is 32.1 Å². The minimum atomic E-state index is -4.99. The number of aliphatic hydroxyl groups is 1. The molecular weight excluding hydrogens is 1350 g/mol. The van der Waals surface area contributed by atoms with Gasteiger partial charge < -0.3 is 33.8 Å². The van der Waals surface area contributed by atoms with Gasteiger partial charge in [-0.15, -0.1) is 0 Å². The zero-order valence-electron chi connectivity index (χ0n) is 66.2. The van der Waals surface area contributed by atoms with Crippen molar-refractivity contribution in [2.75, 3.05) is 39.6 Å². The summed E-state index contributed by atoms with van der Waals surface area (Å²) in [6.45, 7) is 4.80. The Kier molecular flexibility index (Phi) is 74.6. The smallest absolute Gasteiger partial charge is 0.462 e. The first-order valence-electron chi connectivity index (χ1n) is 41.8. The van der Waals surface area contributed by atoms with Crippen LogP contribution < -0.4 is 0 Å². The van der Waals surface area contributed by atoms with Crippen molar-refractivity contribution in [3.8, 4) is 0 Å². The minimum absolute atomic E-state index is 0.0192. The fourth-order valence-corrected chi connectivity index (χ4v) is 13.0. The molecule has 3 N–H and O–H groups in total. The first kappa shape index (κ1) is 100. The molecule has 17 nitrogen and oxygen atoms in total. The molecule has 0 aromatic carbocycles. The summed E-state index contributed by atoms with van der Waals surface area (Å²) in [5.74, 6) is -2.24. The highest BCUT2D eigenvalue weighted by Crippen LogP contribution is 2.45. The molecule has 0 saturated carbocycles. The third-order valence-electron chi connectivity index (χ3n) is 17.8. The standard InChI is InChI=1S/C85H152O17P2/c1-5-9-13-17-21-25-29-33-37-39-43-47-51-55-59-63-67-71-84(89)101-80(75-95-82(87)69-65-61-57-53-49-45-41-35-31-27-23-19-15-11-7-3)77-99-103(91,92)97-73-79(86)74-98-104(93,94)100-78-81(76-96-83(88)70-66-62-58-54-50-46-42-36-32-28-24-20-16-12-8-4)102-85(90)72-68-64-60-56-52-48-44-40-38-34-30-26-22-18-14-10-6-2/h21,24-25,28,33,35-37,41-43,47,55,59,79-81,86H,5-20,22-23,26-27,29-32,34,38-40,44-46,48-54,56-58,60-78H2,1-4H3,(H,91,92)(H,93,94)/b25-21-,28-24-,37-33-,41-35-,42-36-,47-43-,59-55-/t79-,80+,81+/m0/s1. The predicted octanol–water partition coefficient (Wildman–Crippen LogP) is 24.6. The van der Waals surface area contributed by atoms with E-state index in [9.17, 15) is 43.2 Å². The number of aliphatic hydroxyl groups excluding tert-OH is 1. The second kappa shape index (κ2) is 77.4. The first-order valence-corrected chi connectivity index (χ1v) is 44.8. The molecule has 0 rings (SSSR count). The lowest BCUT2D eigenvalue weighted by Crippen LogP contribution is -2.30. The number of hydrogen-bond acceptors (Lipinski definition) is 15. The van der Waals surface area contributed by atoms with Gasteiger partial charge in [-0.3, -0.25) is 37.3 Å². The number of ether oxygens (including phenoxy) is 4. The number of esters is 4. The number of carbonyl (C=O) groups excluding carboxylic acids is 4. The molecule has 5 atom stereocenters. The van der Waals surface area contributed by atoms with Crippen molar-refractivity contribution < 1.29 is 80.2 Å². The number of allylic oxidation sites excluding steroid dienone is 14. The van der Waals surface area contributed by atoms with Crippen molar-refractivity contribution in [1.29, 1.82) is 0 Å². The maximum atomic E-state index is 13.1. The Balaban J connectivity index is 5.40. The minimum Gasteiger partial charge on any atom is -0.462 e. The molecule has 104 heavy (non-hydrogen) atoms. The predicted molar refractivity (Wildman–Crippen MR) is 427 cm³/mol. The van der Waals surface area contributed by atoms with Crippen LogP contribution in [0.4, 0.5) is 0 Å². The first-order chi connectivity index (χ1) is 50.7. The Hall–Kier alpha value is -3.76. The fourth-order valence-electron chi connectivity index (χ4n) is 11.4. The van der Waals surface area contributed by atoms with Crippen LogP contribution in [-0.2, 0) is 65.4 Å². The van der Waals surface area contributed by atoms with Crippen LogP contribution in [0.5, 0.6) is 0 Å². The fraction of sp³-hybridized carbons (Fsp3) is 0.788. The molecular formula is C85H152O17P2. The summed E-state index contributed by atoms with van der Waals surface area (Å²) in [5, 5.41) is 10.7. The third kappa shape index (κ3) is 76.4. The van der Waals surface area contributed by atoms with Crippen LogP contribution in [0.15, 0.2) is 85.1 Å². The van der Waals surface area contributed by atoms with Gasteiger partial charge in [0.15, 0.2) is 12.2 Å². The Bertz CT molecular complexity index is 2300. The van der Waals surface area contributed by atoms with Crippen molar-refractivity contribution in [3.63, 3.8) is 0 Å². The largest absolute Gasteiger partial charge is 0.472 e. The molecule has 0 aromatic rings. The molecule has 0 saturated heterocycles. The Morgan fingerprint density at radius 2 is 0.481 bits per heavy atom. The number of phosphoric ester groups is 2. The van der Waals surface area contributed by atoms with Crippen LogP contribution in [0, 0.1) is 0 Å². The zero-order chi connectivity index (χ0) is 76.0. The lowest BCUT2D eigenvalue weighted by atomic mass is 10.0. The monoisotopic (exact) mass is 1510 g/mol. The third-order valence-corrected chi connectivity index (χ3v) is 19.7. The highest BCUT2D eigenvalue weighted by Gasteiger charge is 2.30. The molecule has 19 heteroatoms. The lowest BCUT2D eigenvalue weighted by molar-refractivity contribution is -0.161. The van der Waals surface area contributed by atoms with Crippen molar-refractivity contribution in [2.45, 2.75) is 393 Å². The van der Waals surface area contributed by atoms with Crippen molar-refractivity contribution >= 4 is 39.5 Å². The van der Waals surface area contributed by atoms with Gasteiger partial charge in [-0.2, -0.15) is 0 Å². The van der Waals surface area contributed by atoms with Gasteiger partial charge in [-0.1, -0.05) is 312 Å². The van der Waals surface area contributed by atoms with Crippen LogP contribution in [0.2, 0.25) is 0 Å². The maximum absolute atomic E-state index is 13.1. The molecule has 0 bridgehead atoms. The van der Waals surface area contributed by atoms with Gasteiger partial charge in [-0.05, 0) is 122 Å². The average Bonchev–Trinajstić information content (AvgIpc) is 0.907. The summed E-state index contributed by atoms with van der Waals surface area (Å²) in [5.41, 5.74) is 0. The van der Waals surface area contributed by atoms with Crippen LogP contribution in [0.25, 0.3) is 0 Å². The molecule has 2 unspecified atom stereocenters. The molecule has 0 amide bonds. The summed E-state index contributed by atoms with van der Waals surface area (Å²) in [4.78, 5) is 73.1. The number of phosphoric acid groups is 2. The van der Waals surface area contributed by atoms with Crippen LogP contribution in [-0.4, -0.2) is 96.7 Å². The van der Waals surface area contributed by atoms with Gasteiger partial charge in [0.2, 0.25) is 0 Å². The van der Waals surface area contributed by atoms with E-state index in [4.69, 9.17) is 37.0 Å². The summed E-state index contributed by atoms with van der Waals surface area (Å²) >= 11 is 0. The molecule has 0 fully saturated rings. The molecule has 0 spiro atoms. The van der Waals surface area contributed by atoms with Crippen LogP contribution in [0.3, 0.4) is 0 Å². The molecule has 0 radical (unpaired) electrons. The molecule has 0 aromatic heterocycles. The summed E-state index contributed by atoms with van der Waals surface area (Å²) in [6.07, 6.45) is 81.3. The lowest BCUT2D eigenvalue weighted by Gasteiger charge is -2.21. The second-order valence-electron chi connectivity index (χ2n) is 28.1. The SMILES string of the molecule is CCCCC/C=C\C/C=C\C/C=C\C/C=C\CCCC(=O)O[C@H](COC(=O)CCCCCCC/C=C\CCCCCCCC)COP(=O)(O)OC[C@H](O)COP(=O)(O)OC[C@@H](COC(=O)CCCCCCC/C=C\C/C=C\CCCCC)OC(=O)CCCCCCCCCCCCCCCCCCC. The van der Waals surface area contributed by atoms with Crippen LogP contribution in [0.1, 0.15) is 374 Å². The Morgan fingerprint density at radius 3 is 0.788 bits per heavy atom. The summed E-state index contributed by atoms with van der Waals surface area (Å²) < 4.78 is 68.7. The number of unbranched alkanes of at least 4 members (excludes halogenated alkanes) is 39. The normalized spacial score (nSPS) is 14.3. The molecule has 0 heterocycles. The number of hydrogen-bond donors (Lipinski definition) is 3. The number of rotatable bonds is 79. The quantitative estimate of drug-likeness (QED) is 0.0169. The van der Waals surface area contributed by atoms with Crippen molar-refractivity contribution in [3.05, 3.63) is 85.1 Å². The van der Waals surface area contributed by atoms with Crippen LogP contribution >= 0.6 is 15.6 Å². The molecule has 0 aliphatic carbocycles. The van der Waals surface area contributed by atoms with E-state index in [1.165, 1.54) is 154 Å². The van der Waals surface area contributed by atoms with E-state index in [2.05, 4.69) is 101 Å². The summed E-state index contributed by atoms with van der Waals surface area (Å²) in [7, 11) is -9.97. The van der Waals surface area contributed by atoms with E-state index < -0.39 is 97.5 Å². The van der Waals surface area contributed by atoms with E-state index in [0.717, 1.165) is 135 Å². The topological polar surface area (TPSA) is 237 Å². The molecule has 604 valence electrons. The Labute approximate surface area is 634 Å². The van der Waals surface area contributed by atoms with E-state index in [1.807, 2.05) is 12.2 Å². The second-order valence-corrected chi connectivity index (χ2v) is 31.0. The van der Waals surface area contributed by atoms with Gasteiger partial charge in [-0.25, -0.2) is 9.13 Å². The average molecular weight is 1510 g/mol. The van der Waals surface area contributed by atoms with Gasteiger partial charge in [0.25, 0.3) is 0 Å². The van der Waals surface area contributed by atoms with Crippen molar-refractivity contribution in [2.24, 2.45) is 0 Å².